The number of hydrogen-bond donors (Lipinski definition) is 2. The molecule has 0 spiro atoms. The molecule has 0 aliphatic rings. The van der Waals surface area contributed by atoms with E-state index in [2.05, 4.69) is 25.8 Å². The van der Waals surface area contributed by atoms with Crippen molar-refractivity contribution in [1.82, 2.24) is 15.2 Å². The van der Waals surface area contributed by atoms with Gasteiger partial charge in [0.15, 0.2) is 5.82 Å². The average Bonchev–Trinajstić information content (AvgIpc) is 2.53. The molecule has 0 aliphatic carbocycles. The maximum absolute atomic E-state index is 13.1. The van der Waals surface area contributed by atoms with Gasteiger partial charge in [0.25, 0.3) is 0 Å². The predicted octanol–water partition coefficient (Wildman–Crippen LogP) is 4.99. The van der Waals surface area contributed by atoms with Crippen molar-refractivity contribution in [1.29, 1.82) is 0 Å². The zero-order valence-corrected chi connectivity index (χ0v) is 14.1. The second-order valence-electron chi connectivity index (χ2n) is 5.83. The van der Waals surface area contributed by atoms with Gasteiger partial charge in [-0.3, -0.25) is 0 Å². The summed E-state index contributed by atoms with van der Waals surface area (Å²) >= 11 is 0. The summed E-state index contributed by atoms with van der Waals surface area (Å²) in [5, 5.41) is 13.2. The summed E-state index contributed by atoms with van der Waals surface area (Å²) < 4.78 is 39.3. The lowest BCUT2D eigenvalue weighted by Gasteiger charge is -2.13. The van der Waals surface area contributed by atoms with E-state index in [0.29, 0.717) is 5.82 Å². The van der Waals surface area contributed by atoms with Crippen LogP contribution in [0.25, 0.3) is 0 Å². The quantitative estimate of drug-likeness (QED) is 0.687. The van der Waals surface area contributed by atoms with E-state index in [9.17, 15) is 13.2 Å². The van der Waals surface area contributed by atoms with Crippen LogP contribution in [0.15, 0.2) is 48.7 Å². The minimum atomic E-state index is -4.48. The van der Waals surface area contributed by atoms with E-state index in [-0.39, 0.29) is 11.6 Å². The molecule has 0 amide bonds. The number of benzene rings is 2. The van der Waals surface area contributed by atoms with Gasteiger partial charge in [-0.05, 0) is 49.2 Å². The van der Waals surface area contributed by atoms with Crippen LogP contribution >= 0.6 is 0 Å². The van der Waals surface area contributed by atoms with Crippen molar-refractivity contribution in [2.24, 2.45) is 0 Å². The fraction of sp³-hybridized carbons (Fsp3) is 0.167. The van der Waals surface area contributed by atoms with Gasteiger partial charge in [0.1, 0.15) is 0 Å². The van der Waals surface area contributed by atoms with Crippen molar-refractivity contribution in [2.45, 2.75) is 20.0 Å². The molecule has 8 heteroatoms. The van der Waals surface area contributed by atoms with E-state index in [0.717, 1.165) is 22.9 Å². The fourth-order valence-corrected chi connectivity index (χ4v) is 2.57. The predicted molar refractivity (Wildman–Crippen MR) is 93.8 cm³/mol. The molecule has 2 N–H and O–H groups in total. The van der Waals surface area contributed by atoms with Gasteiger partial charge in [-0.25, -0.2) is 0 Å². The molecule has 134 valence electrons. The first-order valence-electron chi connectivity index (χ1n) is 7.79. The zero-order valence-electron chi connectivity index (χ0n) is 14.1. The third kappa shape index (κ3) is 4.27. The molecule has 0 saturated heterocycles. The van der Waals surface area contributed by atoms with Gasteiger partial charge in [-0.15, -0.1) is 5.10 Å². The Bertz CT molecular complexity index is 904. The highest BCUT2D eigenvalue weighted by Gasteiger charge is 2.33. The lowest BCUT2D eigenvalue weighted by atomic mass is 10.1. The highest BCUT2D eigenvalue weighted by Crippen LogP contribution is 2.35. The van der Waals surface area contributed by atoms with Gasteiger partial charge in [-0.2, -0.15) is 23.3 Å². The van der Waals surface area contributed by atoms with Crippen molar-refractivity contribution in [3.63, 3.8) is 0 Å². The summed E-state index contributed by atoms with van der Waals surface area (Å²) in [5.41, 5.74) is 2.03. The number of hydrogen-bond acceptors (Lipinski definition) is 5. The molecule has 3 rings (SSSR count). The van der Waals surface area contributed by atoms with Crippen molar-refractivity contribution >= 4 is 23.1 Å². The van der Waals surface area contributed by atoms with Crippen LogP contribution in [0.1, 0.15) is 16.7 Å². The number of nitrogens with zero attached hydrogens (tertiary/aromatic N) is 3. The molecule has 0 atom stereocenters. The number of alkyl halides is 3. The SMILES string of the molecule is Cc1cc(C)cc(Nc2cnnc(Nc3ccccc3C(F)(F)F)n2)c1. The molecule has 0 saturated carbocycles. The van der Waals surface area contributed by atoms with Crippen LogP contribution < -0.4 is 10.6 Å². The summed E-state index contributed by atoms with van der Waals surface area (Å²) in [7, 11) is 0. The summed E-state index contributed by atoms with van der Waals surface area (Å²) in [6, 6.07) is 11.0. The van der Waals surface area contributed by atoms with E-state index < -0.39 is 11.7 Å². The van der Waals surface area contributed by atoms with E-state index >= 15 is 0 Å². The topological polar surface area (TPSA) is 62.7 Å². The second kappa shape index (κ2) is 6.99. The minimum absolute atomic E-state index is 0.0314. The van der Waals surface area contributed by atoms with Gasteiger partial charge in [0.05, 0.1) is 17.4 Å². The number of halogens is 3. The number of aryl methyl sites for hydroxylation is 2. The first kappa shape index (κ1) is 17.7. The number of para-hydroxylation sites is 1. The summed E-state index contributed by atoms with van der Waals surface area (Å²) in [4.78, 5) is 4.18. The maximum atomic E-state index is 13.1. The monoisotopic (exact) mass is 359 g/mol. The highest BCUT2D eigenvalue weighted by molar-refractivity contribution is 5.62. The summed E-state index contributed by atoms with van der Waals surface area (Å²) in [5.74, 6) is 0.341. The lowest BCUT2D eigenvalue weighted by Crippen LogP contribution is -2.10. The number of aromatic nitrogens is 3. The fourth-order valence-electron chi connectivity index (χ4n) is 2.57. The van der Waals surface area contributed by atoms with Gasteiger partial charge in [0.2, 0.25) is 5.95 Å². The van der Waals surface area contributed by atoms with Crippen LogP contribution in [0.5, 0.6) is 0 Å². The standard InChI is InChI=1S/C18H16F3N5/c1-11-7-12(2)9-13(8-11)23-16-10-22-26-17(25-16)24-15-6-4-3-5-14(15)18(19,20)21/h3-10H,1-2H3,(H2,23,24,25,26). The summed E-state index contributed by atoms with van der Waals surface area (Å²) in [6.07, 6.45) is -3.08. The van der Waals surface area contributed by atoms with Crippen LogP contribution in [0.4, 0.5) is 36.3 Å². The van der Waals surface area contributed by atoms with E-state index in [1.54, 1.807) is 0 Å². The molecule has 0 aliphatic heterocycles. The van der Waals surface area contributed by atoms with Crippen molar-refractivity contribution in [3.05, 3.63) is 65.4 Å². The Morgan fingerprint density at radius 2 is 1.62 bits per heavy atom. The van der Waals surface area contributed by atoms with Crippen LogP contribution in [-0.2, 0) is 6.18 Å². The molecule has 0 fully saturated rings. The minimum Gasteiger partial charge on any atom is -0.339 e. The van der Waals surface area contributed by atoms with E-state index in [1.165, 1.54) is 24.4 Å². The van der Waals surface area contributed by atoms with Crippen LogP contribution in [0, 0.1) is 13.8 Å². The third-order valence-electron chi connectivity index (χ3n) is 3.53. The smallest absolute Gasteiger partial charge is 0.339 e. The van der Waals surface area contributed by atoms with Gasteiger partial charge in [0, 0.05) is 5.69 Å². The molecule has 1 aromatic heterocycles. The van der Waals surface area contributed by atoms with Gasteiger partial charge < -0.3 is 10.6 Å². The highest BCUT2D eigenvalue weighted by atomic mass is 19.4. The summed E-state index contributed by atoms with van der Waals surface area (Å²) in [6.45, 7) is 3.94. The molecular weight excluding hydrogens is 343 g/mol. The number of rotatable bonds is 4. The maximum Gasteiger partial charge on any atom is 0.418 e. The molecule has 2 aromatic carbocycles. The van der Waals surface area contributed by atoms with Crippen molar-refractivity contribution < 1.29 is 13.2 Å². The number of nitrogens with one attached hydrogen (secondary N) is 2. The van der Waals surface area contributed by atoms with E-state index in [4.69, 9.17) is 0 Å². The molecule has 1 heterocycles. The third-order valence-corrected chi connectivity index (χ3v) is 3.53. The second-order valence-corrected chi connectivity index (χ2v) is 5.83. The Morgan fingerprint density at radius 3 is 2.31 bits per heavy atom. The normalized spacial score (nSPS) is 11.3. The van der Waals surface area contributed by atoms with Crippen LogP contribution in [-0.4, -0.2) is 15.2 Å². The van der Waals surface area contributed by atoms with Crippen molar-refractivity contribution in [2.75, 3.05) is 10.6 Å². The molecule has 3 aromatic rings. The number of anilines is 4. The molecule has 26 heavy (non-hydrogen) atoms. The molecule has 0 bridgehead atoms. The Kier molecular flexibility index (Phi) is 4.75. The van der Waals surface area contributed by atoms with Gasteiger partial charge >= 0.3 is 6.18 Å². The Balaban J connectivity index is 1.85. The Hall–Kier alpha value is -3.16. The Morgan fingerprint density at radius 1 is 0.923 bits per heavy atom. The lowest BCUT2D eigenvalue weighted by molar-refractivity contribution is -0.136. The molecule has 0 unspecified atom stereocenters. The van der Waals surface area contributed by atoms with Gasteiger partial charge in [-0.1, -0.05) is 18.2 Å². The molecular formula is C18H16F3N5. The Labute approximate surface area is 148 Å². The van der Waals surface area contributed by atoms with E-state index in [1.807, 2.05) is 32.0 Å². The van der Waals surface area contributed by atoms with Crippen LogP contribution in [0.3, 0.4) is 0 Å². The first-order chi connectivity index (χ1) is 12.3. The first-order valence-corrected chi connectivity index (χ1v) is 7.79. The molecule has 0 radical (unpaired) electrons. The van der Waals surface area contributed by atoms with Crippen molar-refractivity contribution in [3.8, 4) is 0 Å². The largest absolute Gasteiger partial charge is 0.418 e. The molecule has 5 nitrogen and oxygen atoms in total. The average molecular weight is 359 g/mol. The van der Waals surface area contributed by atoms with Crippen LogP contribution in [0.2, 0.25) is 0 Å². The zero-order chi connectivity index (χ0) is 18.7.